The van der Waals surface area contributed by atoms with Crippen molar-refractivity contribution in [3.05, 3.63) is 84.4 Å². The predicted molar refractivity (Wildman–Crippen MR) is 161 cm³/mol. The Morgan fingerprint density at radius 1 is 0.921 bits per heavy atom. The van der Waals surface area contributed by atoms with Gasteiger partial charge in [-0.25, -0.2) is 0 Å². The highest BCUT2D eigenvalue weighted by Crippen LogP contribution is 2.55. The molecule has 194 valence electrons. The predicted octanol–water partition coefficient (Wildman–Crippen LogP) is 8.21. The summed E-state index contributed by atoms with van der Waals surface area (Å²) in [7, 11) is 2.12. The molecular weight excluding hydrogens is 466 g/mol. The summed E-state index contributed by atoms with van der Waals surface area (Å²) in [5.74, 6) is 1.31. The topological polar surface area (TPSA) is 28.1 Å². The lowest BCUT2D eigenvalue weighted by Gasteiger charge is -2.47. The normalized spacial score (nSPS) is 19.1. The summed E-state index contributed by atoms with van der Waals surface area (Å²) in [6.45, 7) is 13.1. The molecule has 0 radical (unpaired) electrons. The van der Waals surface area contributed by atoms with Crippen LogP contribution >= 0.6 is 0 Å². The first-order valence-corrected chi connectivity index (χ1v) is 13.8. The van der Waals surface area contributed by atoms with Crippen LogP contribution in [0.5, 0.6) is 5.75 Å². The van der Waals surface area contributed by atoms with E-state index in [2.05, 4.69) is 137 Å². The Labute approximate surface area is 226 Å². The Bertz CT molecular complexity index is 1540. The number of nitrogens with zero attached hydrogens (tertiary/aromatic N) is 3. The van der Waals surface area contributed by atoms with Crippen LogP contribution in [-0.4, -0.2) is 32.1 Å². The van der Waals surface area contributed by atoms with Gasteiger partial charge in [-0.05, 0) is 73.0 Å². The van der Waals surface area contributed by atoms with Gasteiger partial charge in [0.05, 0.1) is 11.6 Å². The highest BCUT2D eigenvalue weighted by molar-refractivity contribution is 6.07. The number of benzene rings is 4. The lowest BCUT2D eigenvalue weighted by Crippen LogP contribution is -2.62. The summed E-state index contributed by atoms with van der Waals surface area (Å²) in [5, 5.41) is 2.30. The molecule has 4 nitrogen and oxygen atoms in total. The fourth-order valence-electron chi connectivity index (χ4n) is 6.17. The van der Waals surface area contributed by atoms with Crippen molar-refractivity contribution in [1.82, 2.24) is 0 Å². The first-order valence-electron chi connectivity index (χ1n) is 13.8. The van der Waals surface area contributed by atoms with Crippen LogP contribution in [-0.2, 0) is 5.41 Å². The molecule has 0 N–H and O–H groups in total. The average molecular weight is 504 g/mol. The number of fused-ring (bicyclic) bond motifs is 4. The summed E-state index contributed by atoms with van der Waals surface area (Å²) in [6.07, 6.45) is 2.07. The van der Waals surface area contributed by atoms with E-state index in [1.165, 1.54) is 33.5 Å². The van der Waals surface area contributed by atoms with Gasteiger partial charge in [0.15, 0.2) is 0 Å². The third kappa shape index (κ3) is 3.53. The van der Waals surface area contributed by atoms with Gasteiger partial charge in [0.2, 0.25) is 5.72 Å². The molecule has 38 heavy (non-hydrogen) atoms. The number of aliphatic imine (C=N–C) groups is 1. The van der Waals surface area contributed by atoms with Crippen LogP contribution in [0.25, 0.3) is 21.9 Å². The van der Waals surface area contributed by atoms with Crippen molar-refractivity contribution in [1.29, 1.82) is 0 Å². The molecule has 1 atom stereocenters. The number of rotatable bonds is 5. The molecule has 0 aromatic heterocycles. The second-order valence-corrected chi connectivity index (χ2v) is 11.6. The molecule has 4 heteroatoms. The molecule has 0 fully saturated rings. The van der Waals surface area contributed by atoms with Crippen molar-refractivity contribution in [3.63, 3.8) is 0 Å². The van der Waals surface area contributed by atoms with Crippen LogP contribution in [0.15, 0.2) is 83.9 Å². The maximum absolute atomic E-state index is 7.21. The molecule has 6 rings (SSSR count). The van der Waals surface area contributed by atoms with E-state index in [1.54, 1.807) is 0 Å². The van der Waals surface area contributed by atoms with Crippen molar-refractivity contribution in [2.24, 2.45) is 10.9 Å². The molecule has 2 aliphatic rings. The lowest BCUT2D eigenvalue weighted by molar-refractivity contribution is 0.0757. The molecule has 4 aromatic carbocycles. The fourth-order valence-corrected chi connectivity index (χ4v) is 6.17. The van der Waals surface area contributed by atoms with Crippen molar-refractivity contribution < 1.29 is 4.74 Å². The van der Waals surface area contributed by atoms with Crippen LogP contribution in [0, 0.1) is 5.92 Å². The molecule has 4 aromatic rings. The highest BCUT2D eigenvalue weighted by Gasteiger charge is 2.59. The number of anilines is 2. The third-order valence-electron chi connectivity index (χ3n) is 8.42. The quantitative estimate of drug-likeness (QED) is 0.275. The van der Waals surface area contributed by atoms with Crippen LogP contribution in [0.2, 0.25) is 0 Å². The van der Waals surface area contributed by atoms with Gasteiger partial charge >= 0.3 is 0 Å². The van der Waals surface area contributed by atoms with Gasteiger partial charge in [0.1, 0.15) is 11.4 Å². The molecule has 0 saturated carbocycles. The summed E-state index contributed by atoms with van der Waals surface area (Å²) >= 11 is 0. The summed E-state index contributed by atoms with van der Waals surface area (Å²) in [4.78, 5) is 9.86. The Hall–Kier alpha value is -3.79. The van der Waals surface area contributed by atoms with E-state index in [-0.39, 0.29) is 5.41 Å². The minimum atomic E-state index is -0.707. The van der Waals surface area contributed by atoms with Gasteiger partial charge in [-0.3, -0.25) is 4.99 Å². The monoisotopic (exact) mass is 503 g/mol. The Kier molecular flexibility index (Phi) is 5.75. The van der Waals surface area contributed by atoms with E-state index in [1.807, 2.05) is 0 Å². The first kappa shape index (κ1) is 24.5. The lowest BCUT2D eigenvalue weighted by atomic mass is 9.77. The first-order chi connectivity index (χ1) is 18.3. The molecule has 1 spiro atoms. The Morgan fingerprint density at radius 2 is 1.61 bits per heavy atom. The van der Waals surface area contributed by atoms with E-state index in [4.69, 9.17) is 9.73 Å². The van der Waals surface area contributed by atoms with Gasteiger partial charge in [-0.15, -0.1) is 0 Å². The number of ether oxygens (including phenoxy) is 1. The zero-order valence-corrected chi connectivity index (χ0v) is 23.3. The molecule has 2 heterocycles. The summed E-state index contributed by atoms with van der Waals surface area (Å²) in [6, 6.07) is 28.3. The summed E-state index contributed by atoms with van der Waals surface area (Å²) < 4.78 is 7.21. The molecule has 2 aliphatic heterocycles. The second-order valence-electron chi connectivity index (χ2n) is 11.6. The van der Waals surface area contributed by atoms with Gasteiger partial charge in [-0.2, -0.15) is 0 Å². The molecule has 0 bridgehead atoms. The third-order valence-corrected chi connectivity index (χ3v) is 8.42. The van der Waals surface area contributed by atoms with Crippen LogP contribution in [0.1, 0.15) is 40.2 Å². The van der Waals surface area contributed by atoms with Crippen molar-refractivity contribution in [3.8, 4) is 16.9 Å². The van der Waals surface area contributed by atoms with Gasteiger partial charge in [0, 0.05) is 36.9 Å². The minimum absolute atomic E-state index is 0.294. The van der Waals surface area contributed by atoms with E-state index in [9.17, 15) is 0 Å². The van der Waals surface area contributed by atoms with Crippen molar-refractivity contribution in [2.75, 3.05) is 29.9 Å². The number of para-hydroxylation sites is 1. The number of hydrogen-bond acceptors (Lipinski definition) is 4. The highest BCUT2D eigenvalue weighted by atomic mass is 16.5. The molecular formula is C34H37N3O. The molecule has 0 amide bonds. The van der Waals surface area contributed by atoms with Crippen LogP contribution < -0.4 is 14.5 Å². The van der Waals surface area contributed by atoms with Crippen molar-refractivity contribution >= 4 is 34.0 Å². The molecule has 0 saturated heterocycles. The van der Waals surface area contributed by atoms with Crippen molar-refractivity contribution in [2.45, 2.75) is 45.8 Å². The number of hydrogen-bond donors (Lipinski definition) is 0. The van der Waals surface area contributed by atoms with E-state index < -0.39 is 5.72 Å². The van der Waals surface area contributed by atoms with Gasteiger partial charge in [-0.1, -0.05) is 68.4 Å². The maximum Gasteiger partial charge on any atom is 0.228 e. The standard InChI is InChI=1S/C34H37N3O/c1-7-36(6)25-18-16-24(17-19-25)28-20-31-32(27-13-9-8-12-26(27)28)35-22-34(38-31)33(4,5)29-14-10-11-15-30(29)37(34)21-23(2)3/h8-20,22-23H,7,21H2,1-6H3. The smallest absolute Gasteiger partial charge is 0.228 e. The Morgan fingerprint density at radius 3 is 2.32 bits per heavy atom. The molecule has 1 unspecified atom stereocenters. The second kappa shape index (κ2) is 8.90. The maximum atomic E-state index is 7.21. The zero-order valence-electron chi connectivity index (χ0n) is 23.3. The van der Waals surface area contributed by atoms with Crippen LogP contribution in [0.3, 0.4) is 0 Å². The Balaban J connectivity index is 1.53. The fraction of sp³-hybridized carbons (Fsp3) is 0.324. The van der Waals surface area contributed by atoms with E-state index >= 15 is 0 Å². The van der Waals surface area contributed by atoms with Crippen LogP contribution in [0.4, 0.5) is 17.1 Å². The van der Waals surface area contributed by atoms with E-state index in [0.717, 1.165) is 29.9 Å². The zero-order chi connectivity index (χ0) is 26.7. The SMILES string of the molecule is CCN(C)c1ccc(-c2cc3c(c4ccccc24)N=CC2(O3)N(CC(C)C)c3ccccc3C2(C)C)cc1. The van der Waals surface area contributed by atoms with E-state index in [0.29, 0.717) is 5.92 Å². The van der Waals surface area contributed by atoms with Gasteiger partial charge in [0.25, 0.3) is 0 Å². The average Bonchev–Trinajstić information content (AvgIpc) is 3.10. The summed E-state index contributed by atoms with van der Waals surface area (Å²) in [5.41, 5.74) is 6.00. The minimum Gasteiger partial charge on any atom is -0.459 e. The largest absolute Gasteiger partial charge is 0.459 e. The van der Waals surface area contributed by atoms with Gasteiger partial charge < -0.3 is 14.5 Å². The molecule has 0 aliphatic carbocycles.